The van der Waals surface area contributed by atoms with Crippen molar-refractivity contribution in [2.24, 2.45) is 0 Å². The van der Waals surface area contributed by atoms with Crippen LogP contribution in [0, 0.1) is 0 Å². The van der Waals surface area contributed by atoms with Crippen molar-refractivity contribution in [2.45, 2.75) is 322 Å². The maximum atomic E-state index is 12.9. The Labute approximate surface area is 428 Å². The molecule has 0 aliphatic heterocycles. The van der Waals surface area contributed by atoms with E-state index in [4.69, 9.17) is 14.2 Å². The fraction of sp³-hybridized carbons (Fsp3) is 0.825. The smallest absolute Gasteiger partial charge is 0.306 e. The molecule has 0 heterocycles. The molecule has 0 unspecified atom stereocenters. The molecule has 402 valence electrons. The number of unbranched alkanes of at least 4 members (excludes halogenated alkanes) is 36. The maximum Gasteiger partial charge on any atom is 0.306 e. The zero-order valence-corrected chi connectivity index (χ0v) is 46.1. The quantitative estimate of drug-likeness (QED) is 0.0262. The molecule has 0 radical (unpaired) electrons. The summed E-state index contributed by atoms with van der Waals surface area (Å²) in [6.07, 6.45) is 71.1. The average molecular weight is 968 g/mol. The van der Waals surface area contributed by atoms with Gasteiger partial charge in [-0.3, -0.25) is 14.4 Å². The Hall–Kier alpha value is -2.63. The highest BCUT2D eigenvalue weighted by atomic mass is 16.6. The standard InChI is InChI=1S/C63H114O6/c1-4-7-10-13-16-19-22-25-28-30-31-33-36-38-41-44-47-50-53-56-62(65)68-59-60(69-63(66)57-54-51-48-45-42-39-34-27-24-21-18-15-12-9-6-3)58-67-61(64)55-52-49-46-43-40-37-35-32-29-26-23-20-17-14-11-8-5-2/h9,12,18,21,26-27,29,34,60H,4-8,10-11,13-17,19-20,22-25,28,30-33,35-59H2,1-3H3/b12-9-,21-18-,29-26-,34-27-/t60-/m1/s1. The van der Waals surface area contributed by atoms with Crippen LogP contribution in [-0.2, 0) is 28.6 Å². The minimum atomic E-state index is -0.782. The first-order valence-electron chi connectivity index (χ1n) is 30.1. The lowest BCUT2D eigenvalue weighted by atomic mass is 10.0. The van der Waals surface area contributed by atoms with Crippen molar-refractivity contribution < 1.29 is 28.6 Å². The Morgan fingerprint density at radius 3 is 0.899 bits per heavy atom. The van der Waals surface area contributed by atoms with Gasteiger partial charge in [0.05, 0.1) is 0 Å². The molecule has 0 fully saturated rings. The molecule has 6 nitrogen and oxygen atoms in total. The molecular formula is C63H114O6. The fourth-order valence-corrected chi connectivity index (χ4v) is 8.81. The maximum absolute atomic E-state index is 12.9. The second-order valence-corrected chi connectivity index (χ2v) is 20.2. The van der Waals surface area contributed by atoms with E-state index < -0.39 is 6.10 Å². The van der Waals surface area contributed by atoms with Crippen molar-refractivity contribution in [3.05, 3.63) is 48.6 Å². The third-order valence-electron chi connectivity index (χ3n) is 13.3. The lowest BCUT2D eigenvalue weighted by Gasteiger charge is -2.18. The molecule has 0 N–H and O–H groups in total. The summed E-state index contributed by atoms with van der Waals surface area (Å²) in [6, 6.07) is 0. The monoisotopic (exact) mass is 967 g/mol. The van der Waals surface area contributed by atoms with Crippen molar-refractivity contribution in [1.82, 2.24) is 0 Å². The fourth-order valence-electron chi connectivity index (χ4n) is 8.81. The summed E-state index contributed by atoms with van der Waals surface area (Å²) in [6.45, 7) is 6.55. The number of allylic oxidation sites excluding steroid dienone is 8. The summed E-state index contributed by atoms with van der Waals surface area (Å²) in [7, 11) is 0. The Bertz CT molecular complexity index is 1200. The van der Waals surface area contributed by atoms with Crippen molar-refractivity contribution in [3.63, 3.8) is 0 Å². The molecule has 6 heteroatoms. The van der Waals surface area contributed by atoms with Gasteiger partial charge in [0.1, 0.15) is 13.2 Å². The van der Waals surface area contributed by atoms with Gasteiger partial charge in [0.15, 0.2) is 6.10 Å². The van der Waals surface area contributed by atoms with Crippen LogP contribution < -0.4 is 0 Å². The highest BCUT2D eigenvalue weighted by Crippen LogP contribution is 2.17. The molecule has 0 saturated heterocycles. The summed E-state index contributed by atoms with van der Waals surface area (Å²) >= 11 is 0. The molecule has 0 aliphatic rings. The van der Waals surface area contributed by atoms with E-state index in [2.05, 4.69) is 69.4 Å². The summed E-state index contributed by atoms with van der Waals surface area (Å²) in [4.78, 5) is 38.2. The van der Waals surface area contributed by atoms with Crippen molar-refractivity contribution in [2.75, 3.05) is 13.2 Å². The lowest BCUT2D eigenvalue weighted by molar-refractivity contribution is -0.167. The highest BCUT2D eigenvalue weighted by Gasteiger charge is 2.19. The Balaban J connectivity index is 4.35. The van der Waals surface area contributed by atoms with E-state index in [1.807, 2.05) is 0 Å². The van der Waals surface area contributed by atoms with Gasteiger partial charge in [-0.05, 0) is 77.0 Å². The van der Waals surface area contributed by atoms with Gasteiger partial charge in [-0.25, -0.2) is 0 Å². The van der Waals surface area contributed by atoms with Crippen LogP contribution in [0.2, 0.25) is 0 Å². The molecule has 0 aromatic heterocycles. The average Bonchev–Trinajstić information content (AvgIpc) is 3.35. The SMILES string of the molecule is CC/C=C\C/C=C\C/C=C\CCCCCCCC(=O)O[C@H](COC(=O)CCCCCCCCC/C=C\CCCCCCCC)COC(=O)CCCCCCCCCCCCCCCCCCCCC. The van der Waals surface area contributed by atoms with Gasteiger partial charge in [0.25, 0.3) is 0 Å². The first kappa shape index (κ1) is 66.4. The Kier molecular flexibility index (Phi) is 55.7. The van der Waals surface area contributed by atoms with Crippen molar-refractivity contribution in [3.8, 4) is 0 Å². The highest BCUT2D eigenvalue weighted by molar-refractivity contribution is 5.71. The van der Waals surface area contributed by atoms with Crippen LogP contribution in [0.1, 0.15) is 316 Å². The van der Waals surface area contributed by atoms with Crippen LogP contribution in [0.15, 0.2) is 48.6 Å². The number of rotatable bonds is 55. The zero-order valence-electron chi connectivity index (χ0n) is 46.1. The molecule has 0 spiro atoms. The second kappa shape index (κ2) is 57.9. The van der Waals surface area contributed by atoms with E-state index in [9.17, 15) is 14.4 Å². The second-order valence-electron chi connectivity index (χ2n) is 20.2. The van der Waals surface area contributed by atoms with E-state index in [1.165, 1.54) is 180 Å². The molecule has 0 aliphatic carbocycles. The number of hydrogen-bond donors (Lipinski definition) is 0. The molecular weight excluding hydrogens is 853 g/mol. The van der Waals surface area contributed by atoms with E-state index in [0.717, 1.165) is 96.3 Å². The van der Waals surface area contributed by atoms with Gasteiger partial charge >= 0.3 is 17.9 Å². The molecule has 69 heavy (non-hydrogen) atoms. The minimum Gasteiger partial charge on any atom is -0.462 e. The van der Waals surface area contributed by atoms with Gasteiger partial charge < -0.3 is 14.2 Å². The predicted molar refractivity (Wildman–Crippen MR) is 298 cm³/mol. The topological polar surface area (TPSA) is 78.9 Å². The normalized spacial score (nSPS) is 12.3. The van der Waals surface area contributed by atoms with Crippen molar-refractivity contribution in [1.29, 1.82) is 0 Å². The molecule has 0 aromatic carbocycles. The molecule has 1 atom stereocenters. The third-order valence-corrected chi connectivity index (χ3v) is 13.3. The predicted octanol–water partition coefficient (Wildman–Crippen LogP) is 20.2. The Morgan fingerprint density at radius 1 is 0.304 bits per heavy atom. The number of hydrogen-bond acceptors (Lipinski definition) is 6. The van der Waals surface area contributed by atoms with E-state index in [0.29, 0.717) is 19.3 Å². The number of carbonyl (C=O) groups excluding carboxylic acids is 3. The van der Waals surface area contributed by atoms with Crippen LogP contribution in [0.4, 0.5) is 0 Å². The Morgan fingerprint density at radius 2 is 0.565 bits per heavy atom. The van der Waals surface area contributed by atoms with Crippen molar-refractivity contribution >= 4 is 17.9 Å². The number of carbonyl (C=O) groups is 3. The van der Waals surface area contributed by atoms with Crippen LogP contribution >= 0.6 is 0 Å². The van der Waals surface area contributed by atoms with Gasteiger partial charge in [-0.2, -0.15) is 0 Å². The first-order valence-corrected chi connectivity index (χ1v) is 30.1. The summed E-state index contributed by atoms with van der Waals surface area (Å²) in [5.74, 6) is -0.882. The largest absolute Gasteiger partial charge is 0.462 e. The summed E-state index contributed by atoms with van der Waals surface area (Å²) in [5, 5.41) is 0. The van der Waals surface area contributed by atoms with E-state index in [1.54, 1.807) is 0 Å². The van der Waals surface area contributed by atoms with Gasteiger partial charge in [-0.1, -0.05) is 268 Å². The molecule has 0 aromatic rings. The minimum absolute atomic E-state index is 0.0783. The summed E-state index contributed by atoms with van der Waals surface area (Å²) in [5.41, 5.74) is 0. The van der Waals surface area contributed by atoms with Crippen LogP contribution in [0.25, 0.3) is 0 Å². The third kappa shape index (κ3) is 56.2. The lowest BCUT2D eigenvalue weighted by Crippen LogP contribution is -2.30. The van der Waals surface area contributed by atoms with Crippen LogP contribution in [-0.4, -0.2) is 37.2 Å². The van der Waals surface area contributed by atoms with Gasteiger partial charge in [0, 0.05) is 19.3 Å². The van der Waals surface area contributed by atoms with E-state index >= 15 is 0 Å². The molecule has 0 saturated carbocycles. The number of ether oxygens (including phenoxy) is 3. The van der Waals surface area contributed by atoms with Crippen LogP contribution in [0.5, 0.6) is 0 Å². The molecule has 0 amide bonds. The molecule has 0 bridgehead atoms. The van der Waals surface area contributed by atoms with Crippen LogP contribution in [0.3, 0.4) is 0 Å². The zero-order chi connectivity index (χ0) is 50.0. The van der Waals surface area contributed by atoms with E-state index in [-0.39, 0.29) is 31.1 Å². The van der Waals surface area contributed by atoms with Gasteiger partial charge in [0.2, 0.25) is 0 Å². The van der Waals surface area contributed by atoms with Gasteiger partial charge in [-0.15, -0.1) is 0 Å². The first-order chi connectivity index (χ1) is 34.0. The number of esters is 3. The summed E-state index contributed by atoms with van der Waals surface area (Å²) < 4.78 is 16.9. The molecule has 0 rings (SSSR count).